The molecule has 0 radical (unpaired) electrons. The van der Waals surface area contributed by atoms with Crippen molar-refractivity contribution in [3.8, 4) is 16.9 Å². The number of hydrogen-bond acceptors (Lipinski definition) is 3. The van der Waals surface area contributed by atoms with Crippen LogP contribution < -0.4 is 0 Å². The van der Waals surface area contributed by atoms with Gasteiger partial charge in [0.15, 0.2) is 5.16 Å². The van der Waals surface area contributed by atoms with Gasteiger partial charge in [0.2, 0.25) is 0 Å². The van der Waals surface area contributed by atoms with Crippen LogP contribution in [0, 0.1) is 12.7 Å². The standard InChI is InChI=1S/C25H20ClFN4S/c1-16-7-10-18(27)13-20(16)23-14-28-25(31(23)19-11-8-17(26)9-12-19)32-15-24-29-21-5-3-4-6-22(21)30(24)2/h3-14H,15H2,1-2H3. The van der Waals surface area contributed by atoms with Gasteiger partial charge in [-0.2, -0.15) is 0 Å². The van der Waals surface area contributed by atoms with Gasteiger partial charge >= 0.3 is 0 Å². The molecule has 0 aliphatic heterocycles. The largest absolute Gasteiger partial charge is 0.330 e. The van der Waals surface area contributed by atoms with Gasteiger partial charge in [0, 0.05) is 23.3 Å². The van der Waals surface area contributed by atoms with Crippen LogP contribution in [0.3, 0.4) is 0 Å². The molecule has 7 heteroatoms. The van der Waals surface area contributed by atoms with E-state index in [9.17, 15) is 4.39 Å². The summed E-state index contributed by atoms with van der Waals surface area (Å²) < 4.78 is 18.2. The molecule has 4 nitrogen and oxygen atoms in total. The van der Waals surface area contributed by atoms with Gasteiger partial charge in [0.1, 0.15) is 11.6 Å². The maximum atomic E-state index is 14.1. The molecule has 5 rings (SSSR count). The molecular weight excluding hydrogens is 443 g/mol. The maximum Gasteiger partial charge on any atom is 0.173 e. The number of halogens is 2. The van der Waals surface area contributed by atoms with Crippen LogP contribution in [0.2, 0.25) is 5.02 Å². The summed E-state index contributed by atoms with van der Waals surface area (Å²) in [7, 11) is 2.03. The molecule has 0 aliphatic carbocycles. The van der Waals surface area contributed by atoms with Crippen molar-refractivity contribution in [3.63, 3.8) is 0 Å². The SMILES string of the molecule is Cc1ccc(F)cc1-c1cnc(SCc2nc3ccccc3n2C)n1-c1ccc(Cl)cc1. The van der Waals surface area contributed by atoms with Gasteiger partial charge in [-0.1, -0.05) is 41.6 Å². The minimum atomic E-state index is -0.275. The lowest BCUT2D eigenvalue weighted by Crippen LogP contribution is -2.01. The van der Waals surface area contributed by atoms with Crippen LogP contribution in [0.4, 0.5) is 4.39 Å². The number of nitrogens with zero attached hydrogens (tertiary/aromatic N) is 4. The Bertz CT molecular complexity index is 1420. The van der Waals surface area contributed by atoms with E-state index >= 15 is 0 Å². The molecule has 0 N–H and O–H groups in total. The zero-order chi connectivity index (χ0) is 22.2. The molecule has 3 aromatic carbocycles. The number of thioether (sulfide) groups is 1. The van der Waals surface area contributed by atoms with Gasteiger partial charge in [0.05, 0.1) is 28.7 Å². The normalized spacial score (nSPS) is 11.4. The van der Waals surface area contributed by atoms with E-state index in [1.165, 1.54) is 6.07 Å². The fourth-order valence-electron chi connectivity index (χ4n) is 3.79. The Kier molecular flexibility index (Phi) is 5.49. The first-order valence-corrected chi connectivity index (χ1v) is 11.5. The third kappa shape index (κ3) is 3.80. The Morgan fingerprint density at radius 2 is 1.81 bits per heavy atom. The Balaban J connectivity index is 1.57. The number of rotatable bonds is 5. The highest BCUT2D eigenvalue weighted by atomic mass is 35.5. The van der Waals surface area contributed by atoms with Crippen molar-refractivity contribution >= 4 is 34.4 Å². The second-order valence-electron chi connectivity index (χ2n) is 7.56. The molecule has 160 valence electrons. The smallest absolute Gasteiger partial charge is 0.173 e. The third-order valence-electron chi connectivity index (χ3n) is 5.50. The van der Waals surface area contributed by atoms with Crippen LogP contribution in [0.15, 0.2) is 78.1 Å². The summed E-state index contributed by atoms with van der Waals surface area (Å²) in [6.45, 7) is 1.97. The molecule has 0 aliphatic rings. The Labute approximate surface area is 194 Å². The minimum absolute atomic E-state index is 0.275. The summed E-state index contributed by atoms with van der Waals surface area (Å²) >= 11 is 7.72. The van der Waals surface area contributed by atoms with E-state index in [-0.39, 0.29) is 5.82 Å². The highest BCUT2D eigenvalue weighted by molar-refractivity contribution is 7.98. The number of imidazole rings is 2. The van der Waals surface area contributed by atoms with Crippen molar-refractivity contribution < 1.29 is 4.39 Å². The zero-order valence-electron chi connectivity index (χ0n) is 17.6. The summed E-state index contributed by atoms with van der Waals surface area (Å²) in [4.78, 5) is 9.46. The van der Waals surface area contributed by atoms with Gasteiger partial charge in [-0.15, -0.1) is 0 Å². The molecule has 32 heavy (non-hydrogen) atoms. The molecule has 0 saturated carbocycles. The van der Waals surface area contributed by atoms with Crippen molar-refractivity contribution in [1.29, 1.82) is 0 Å². The molecule has 0 unspecified atom stereocenters. The summed E-state index contributed by atoms with van der Waals surface area (Å²) in [6, 6.07) is 20.5. The molecule has 2 heterocycles. The van der Waals surface area contributed by atoms with Gasteiger partial charge in [-0.3, -0.25) is 4.57 Å². The number of aromatic nitrogens is 4. The van der Waals surface area contributed by atoms with Gasteiger partial charge in [-0.05, 0) is 61.0 Å². The van der Waals surface area contributed by atoms with Crippen LogP contribution in [-0.4, -0.2) is 19.1 Å². The minimum Gasteiger partial charge on any atom is -0.330 e. The Morgan fingerprint density at radius 3 is 2.59 bits per heavy atom. The third-order valence-corrected chi connectivity index (χ3v) is 6.70. The molecule has 0 spiro atoms. The van der Waals surface area contributed by atoms with Crippen LogP contribution in [0.5, 0.6) is 0 Å². The number of hydrogen-bond donors (Lipinski definition) is 0. The van der Waals surface area contributed by atoms with Gasteiger partial charge in [-0.25, -0.2) is 14.4 Å². The lowest BCUT2D eigenvalue weighted by molar-refractivity contribution is 0.627. The molecule has 0 saturated heterocycles. The first-order chi connectivity index (χ1) is 15.5. The van der Waals surface area contributed by atoms with Gasteiger partial charge in [0.25, 0.3) is 0 Å². The fourth-order valence-corrected chi connectivity index (χ4v) is 4.89. The predicted octanol–water partition coefficient (Wildman–Crippen LogP) is 6.82. The van der Waals surface area contributed by atoms with E-state index in [4.69, 9.17) is 21.6 Å². The first-order valence-electron chi connectivity index (χ1n) is 10.1. The lowest BCUT2D eigenvalue weighted by Gasteiger charge is -2.14. The van der Waals surface area contributed by atoms with E-state index in [2.05, 4.69) is 10.6 Å². The Hall–Kier alpha value is -3.09. The van der Waals surface area contributed by atoms with E-state index < -0.39 is 0 Å². The van der Waals surface area contributed by atoms with E-state index in [0.717, 1.165) is 44.5 Å². The van der Waals surface area contributed by atoms with Crippen LogP contribution in [0.25, 0.3) is 28.0 Å². The average molecular weight is 463 g/mol. The number of aryl methyl sites for hydroxylation is 2. The molecule has 5 aromatic rings. The van der Waals surface area contributed by atoms with Crippen molar-refractivity contribution in [2.45, 2.75) is 17.8 Å². The monoisotopic (exact) mass is 462 g/mol. The van der Waals surface area contributed by atoms with Crippen LogP contribution in [0.1, 0.15) is 11.4 Å². The summed E-state index contributed by atoms with van der Waals surface area (Å²) in [5.41, 5.74) is 5.60. The summed E-state index contributed by atoms with van der Waals surface area (Å²) in [5.74, 6) is 1.34. The van der Waals surface area contributed by atoms with Crippen LogP contribution in [-0.2, 0) is 12.8 Å². The van der Waals surface area contributed by atoms with E-state index in [1.54, 1.807) is 30.1 Å². The predicted molar refractivity (Wildman–Crippen MR) is 129 cm³/mol. The maximum absolute atomic E-state index is 14.1. The van der Waals surface area contributed by atoms with Crippen molar-refractivity contribution in [2.75, 3.05) is 0 Å². The molecule has 0 fully saturated rings. The molecular formula is C25H20ClFN4S. The zero-order valence-corrected chi connectivity index (χ0v) is 19.2. The first kappa shape index (κ1) is 20.8. The molecule has 2 aromatic heterocycles. The average Bonchev–Trinajstić information content (AvgIpc) is 3.36. The quantitative estimate of drug-likeness (QED) is 0.269. The number of fused-ring (bicyclic) bond motifs is 1. The summed E-state index contributed by atoms with van der Waals surface area (Å²) in [6.07, 6.45) is 1.80. The number of para-hydroxylation sites is 2. The topological polar surface area (TPSA) is 35.6 Å². The highest BCUT2D eigenvalue weighted by Gasteiger charge is 2.17. The van der Waals surface area contributed by atoms with Crippen LogP contribution >= 0.6 is 23.4 Å². The fraction of sp³-hybridized carbons (Fsp3) is 0.120. The molecule has 0 bridgehead atoms. The molecule has 0 amide bonds. The Morgan fingerprint density at radius 1 is 1.03 bits per heavy atom. The van der Waals surface area contributed by atoms with Crippen molar-refractivity contribution in [2.24, 2.45) is 7.05 Å². The van der Waals surface area contributed by atoms with E-state index in [0.29, 0.717) is 10.8 Å². The molecule has 0 atom stereocenters. The van der Waals surface area contributed by atoms with Crippen molar-refractivity contribution in [3.05, 3.63) is 95.2 Å². The van der Waals surface area contributed by atoms with Gasteiger partial charge < -0.3 is 4.57 Å². The second-order valence-corrected chi connectivity index (χ2v) is 8.94. The summed E-state index contributed by atoms with van der Waals surface area (Å²) in [5, 5.41) is 1.46. The highest BCUT2D eigenvalue weighted by Crippen LogP contribution is 2.33. The lowest BCUT2D eigenvalue weighted by atomic mass is 10.1. The second kappa shape index (κ2) is 8.45. The number of benzene rings is 3. The van der Waals surface area contributed by atoms with Crippen molar-refractivity contribution in [1.82, 2.24) is 19.1 Å². The van der Waals surface area contributed by atoms with E-state index in [1.807, 2.05) is 61.0 Å².